The van der Waals surface area contributed by atoms with Crippen LogP contribution in [0.4, 0.5) is 0 Å². The van der Waals surface area contributed by atoms with Crippen LogP contribution in [0.1, 0.15) is 38.8 Å². The number of phenolic OH excluding ortho intramolecular Hbond substituents is 1. The quantitative estimate of drug-likeness (QED) is 0.588. The van der Waals surface area contributed by atoms with E-state index in [0.29, 0.717) is 12.3 Å². The van der Waals surface area contributed by atoms with Crippen LogP contribution in [-0.2, 0) is 31.1 Å². The lowest BCUT2D eigenvalue weighted by Crippen LogP contribution is -2.46. The predicted molar refractivity (Wildman–Crippen MR) is 83.8 cm³/mol. The molecule has 0 amide bonds. The standard InChI is InChI=1S/C17H24O6/c1-5-22-15(19)17(21,16(20)23-6-2)13-8-7-12(9-11(3)4)10-14(13)18/h7-8,10-11,18,21H,5-6,9H2,1-4H3. The Labute approximate surface area is 136 Å². The third-order valence-electron chi connectivity index (χ3n) is 3.24. The zero-order valence-corrected chi connectivity index (χ0v) is 14.0. The van der Waals surface area contributed by atoms with E-state index in [-0.39, 0.29) is 24.5 Å². The first-order chi connectivity index (χ1) is 10.8. The molecule has 0 aliphatic heterocycles. The number of ether oxygens (including phenoxy) is 2. The maximum Gasteiger partial charge on any atom is 0.355 e. The number of hydrogen-bond acceptors (Lipinski definition) is 6. The van der Waals surface area contributed by atoms with Crippen LogP contribution in [-0.4, -0.2) is 35.4 Å². The van der Waals surface area contributed by atoms with Crippen molar-refractivity contribution in [3.05, 3.63) is 29.3 Å². The van der Waals surface area contributed by atoms with Crippen molar-refractivity contribution in [3.63, 3.8) is 0 Å². The van der Waals surface area contributed by atoms with E-state index in [9.17, 15) is 19.8 Å². The van der Waals surface area contributed by atoms with E-state index in [1.165, 1.54) is 12.1 Å². The first kappa shape index (κ1) is 19.0. The van der Waals surface area contributed by atoms with Crippen LogP contribution in [0.3, 0.4) is 0 Å². The molecular weight excluding hydrogens is 300 g/mol. The largest absolute Gasteiger partial charge is 0.508 e. The summed E-state index contributed by atoms with van der Waals surface area (Å²) in [7, 11) is 0. The molecule has 0 unspecified atom stereocenters. The van der Waals surface area contributed by atoms with Crippen molar-refractivity contribution in [1.82, 2.24) is 0 Å². The minimum Gasteiger partial charge on any atom is -0.508 e. The van der Waals surface area contributed by atoms with Crippen molar-refractivity contribution in [2.75, 3.05) is 13.2 Å². The van der Waals surface area contributed by atoms with E-state index in [1.807, 2.05) is 13.8 Å². The van der Waals surface area contributed by atoms with Crippen LogP contribution in [0.2, 0.25) is 0 Å². The Morgan fingerprint density at radius 1 is 1.13 bits per heavy atom. The van der Waals surface area contributed by atoms with Gasteiger partial charge in [0.15, 0.2) is 0 Å². The summed E-state index contributed by atoms with van der Waals surface area (Å²) in [5, 5.41) is 20.8. The lowest BCUT2D eigenvalue weighted by Gasteiger charge is -2.25. The van der Waals surface area contributed by atoms with Crippen molar-refractivity contribution in [2.24, 2.45) is 5.92 Å². The van der Waals surface area contributed by atoms with E-state index in [2.05, 4.69) is 0 Å². The number of phenols is 1. The number of rotatable bonds is 7. The Morgan fingerprint density at radius 3 is 2.04 bits per heavy atom. The van der Waals surface area contributed by atoms with Crippen LogP contribution < -0.4 is 0 Å². The zero-order valence-electron chi connectivity index (χ0n) is 14.0. The first-order valence-electron chi connectivity index (χ1n) is 7.66. The molecule has 128 valence electrons. The second kappa shape index (κ2) is 7.97. The fraction of sp³-hybridized carbons (Fsp3) is 0.529. The molecule has 0 radical (unpaired) electrons. The average molecular weight is 324 g/mol. The Balaban J connectivity index is 3.32. The summed E-state index contributed by atoms with van der Waals surface area (Å²) in [5.41, 5.74) is -2.11. The molecule has 23 heavy (non-hydrogen) atoms. The lowest BCUT2D eigenvalue weighted by atomic mass is 9.90. The minimum atomic E-state index is -2.69. The van der Waals surface area contributed by atoms with E-state index in [4.69, 9.17) is 9.47 Å². The van der Waals surface area contributed by atoms with Gasteiger partial charge in [0.25, 0.3) is 5.60 Å². The maximum atomic E-state index is 12.1. The second-order valence-electron chi connectivity index (χ2n) is 5.60. The highest BCUT2D eigenvalue weighted by atomic mass is 16.6. The van der Waals surface area contributed by atoms with Crippen molar-refractivity contribution in [3.8, 4) is 5.75 Å². The summed E-state index contributed by atoms with van der Waals surface area (Å²) < 4.78 is 9.56. The third kappa shape index (κ3) is 4.22. The van der Waals surface area contributed by atoms with Crippen molar-refractivity contribution in [2.45, 2.75) is 39.7 Å². The van der Waals surface area contributed by atoms with Gasteiger partial charge in [0.1, 0.15) is 5.75 Å². The molecule has 0 aromatic heterocycles. The molecule has 0 aliphatic carbocycles. The molecule has 1 aromatic carbocycles. The Kier molecular flexibility index (Phi) is 6.57. The summed E-state index contributed by atoms with van der Waals surface area (Å²) >= 11 is 0. The minimum absolute atomic E-state index is 0.0211. The third-order valence-corrected chi connectivity index (χ3v) is 3.24. The highest BCUT2D eigenvalue weighted by Crippen LogP contribution is 2.33. The van der Waals surface area contributed by atoms with E-state index >= 15 is 0 Å². The van der Waals surface area contributed by atoms with Crippen LogP contribution in [0.15, 0.2) is 18.2 Å². The van der Waals surface area contributed by atoms with Crippen molar-refractivity contribution >= 4 is 11.9 Å². The second-order valence-corrected chi connectivity index (χ2v) is 5.60. The lowest BCUT2D eigenvalue weighted by molar-refractivity contribution is -0.185. The van der Waals surface area contributed by atoms with Gasteiger partial charge in [0, 0.05) is 5.56 Å². The maximum absolute atomic E-state index is 12.1. The molecule has 0 heterocycles. The number of carbonyl (C=O) groups is 2. The number of esters is 2. The highest BCUT2D eigenvalue weighted by molar-refractivity contribution is 6.04. The molecule has 2 N–H and O–H groups in total. The zero-order chi connectivity index (χ0) is 17.6. The summed E-state index contributed by atoms with van der Waals surface area (Å²) in [5.74, 6) is -2.34. The van der Waals surface area contributed by atoms with Gasteiger partial charge < -0.3 is 19.7 Å². The van der Waals surface area contributed by atoms with Gasteiger partial charge in [-0.2, -0.15) is 0 Å². The average Bonchev–Trinajstić information content (AvgIpc) is 2.46. The monoisotopic (exact) mass is 324 g/mol. The van der Waals surface area contributed by atoms with Gasteiger partial charge in [-0.1, -0.05) is 26.0 Å². The van der Waals surface area contributed by atoms with E-state index < -0.39 is 17.5 Å². The highest BCUT2D eigenvalue weighted by Gasteiger charge is 2.50. The normalized spacial score (nSPS) is 11.4. The SMILES string of the molecule is CCOC(=O)C(O)(C(=O)OCC)c1ccc(CC(C)C)cc1O. The molecule has 0 saturated heterocycles. The molecule has 1 rings (SSSR count). The number of benzene rings is 1. The van der Waals surface area contributed by atoms with Crippen molar-refractivity contribution < 1.29 is 29.3 Å². The van der Waals surface area contributed by atoms with E-state index in [0.717, 1.165) is 5.56 Å². The van der Waals surface area contributed by atoms with Gasteiger partial charge in [-0.3, -0.25) is 0 Å². The van der Waals surface area contributed by atoms with Crippen LogP contribution >= 0.6 is 0 Å². The summed E-state index contributed by atoms with van der Waals surface area (Å²) in [4.78, 5) is 24.2. The topological polar surface area (TPSA) is 93.1 Å². The predicted octanol–water partition coefficient (Wildman–Crippen LogP) is 1.90. The van der Waals surface area contributed by atoms with Crippen LogP contribution in [0, 0.1) is 5.92 Å². The molecule has 0 atom stereocenters. The molecule has 0 fully saturated rings. The van der Waals surface area contributed by atoms with Gasteiger partial charge in [0.05, 0.1) is 13.2 Å². The molecule has 0 bridgehead atoms. The number of aliphatic hydroxyl groups is 1. The summed E-state index contributed by atoms with van der Waals surface area (Å²) in [6.45, 7) is 7.11. The summed E-state index contributed by atoms with van der Waals surface area (Å²) in [6, 6.07) is 4.43. The number of carbonyl (C=O) groups excluding carboxylic acids is 2. The van der Waals surface area contributed by atoms with Gasteiger partial charge in [-0.05, 0) is 37.8 Å². The molecule has 0 spiro atoms. The molecule has 0 aliphatic rings. The van der Waals surface area contributed by atoms with Crippen molar-refractivity contribution in [1.29, 1.82) is 0 Å². The van der Waals surface area contributed by atoms with E-state index in [1.54, 1.807) is 19.9 Å². The Morgan fingerprint density at radius 2 is 1.65 bits per heavy atom. The number of hydrogen-bond donors (Lipinski definition) is 2. The summed E-state index contributed by atoms with van der Waals surface area (Å²) in [6.07, 6.45) is 0.713. The Hall–Kier alpha value is -2.08. The smallest absolute Gasteiger partial charge is 0.355 e. The van der Waals surface area contributed by atoms with Crippen LogP contribution in [0.25, 0.3) is 0 Å². The molecule has 1 aromatic rings. The Bertz CT molecular complexity index is 546. The molecule has 6 heteroatoms. The first-order valence-corrected chi connectivity index (χ1v) is 7.66. The van der Waals surface area contributed by atoms with Gasteiger partial charge >= 0.3 is 11.9 Å². The van der Waals surface area contributed by atoms with Gasteiger partial charge in [-0.25, -0.2) is 9.59 Å². The van der Waals surface area contributed by atoms with Gasteiger partial charge in [0.2, 0.25) is 0 Å². The van der Waals surface area contributed by atoms with Gasteiger partial charge in [-0.15, -0.1) is 0 Å². The fourth-order valence-corrected chi connectivity index (χ4v) is 2.26. The molecule has 0 saturated carbocycles. The molecular formula is C17H24O6. The fourth-order valence-electron chi connectivity index (χ4n) is 2.26. The van der Waals surface area contributed by atoms with Crippen LogP contribution in [0.5, 0.6) is 5.75 Å². The molecule has 6 nitrogen and oxygen atoms in total. The number of aromatic hydroxyl groups is 1.